The van der Waals surface area contributed by atoms with Crippen molar-refractivity contribution in [1.29, 1.82) is 10.5 Å². The maximum Gasteiger partial charge on any atom is 0.164 e. The van der Waals surface area contributed by atoms with E-state index in [4.69, 9.17) is 15.0 Å². The Morgan fingerprint density at radius 1 is 0.193 bits per heavy atom. The molecule has 0 atom stereocenters. The van der Waals surface area contributed by atoms with Crippen LogP contribution in [0.5, 0.6) is 0 Å². The number of hydrogen-bond acceptors (Lipinski definition) is 5. The third-order valence-electron chi connectivity index (χ3n) is 21.4. The summed E-state index contributed by atoms with van der Waals surface area (Å²) in [5, 5.41) is 32.9. The summed E-state index contributed by atoms with van der Waals surface area (Å²) in [4.78, 5) is 16.2. The van der Waals surface area contributed by atoms with Gasteiger partial charge in [0.15, 0.2) is 17.5 Å². The molecule has 0 N–H and O–H groups in total. The molecule has 16 aromatic carbocycles. The molecule has 0 radical (unpaired) electrons. The highest BCUT2D eigenvalue weighted by molar-refractivity contribution is 6.17. The lowest BCUT2D eigenvalue weighted by Crippen LogP contribution is -2.14. The van der Waals surface area contributed by atoms with Crippen molar-refractivity contribution in [3.8, 4) is 141 Å². The summed E-state index contributed by atoms with van der Waals surface area (Å²) >= 11 is 0. The van der Waals surface area contributed by atoms with E-state index < -0.39 is 0 Å². The average molecular weight is 1390 g/mol. The standard InChI is InChI=1S/C101H62N8/c102-63-87-95(79-43-25-26-44-80(79)101-105-99(71-39-21-7-22-40-71)104-100(106-101)72-41-23-8-24-42-72)96(107-89-51-45-73(65-27-9-1-10-28-65)57-81(89)82-58-74(46-52-90(82)107)66-29-11-2-12-30-66)88(64-103)98(109-93-55-49-77(69-35-17-5-18-36-69)61-85(93)86-62-78(50-56-94(86)109)70-37-19-6-20-38-70)97(87)108-91-53-47-75(67-31-13-3-14-32-67)59-83(91)84-60-76(48-54-92(84)108)68-33-15-4-16-34-68/h1-62H. The van der Waals surface area contributed by atoms with Crippen molar-refractivity contribution in [2.45, 2.75) is 0 Å². The molecule has 8 heteroatoms. The Kier molecular flexibility index (Phi) is 15.5. The van der Waals surface area contributed by atoms with Gasteiger partial charge < -0.3 is 13.7 Å². The molecule has 0 saturated carbocycles. The van der Waals surface area contributed by atoms with E-state index in [0.717, 1.165) is 143 Å². The fourth-order valence-electron chi connectivity index (χ4n) is 16.3. The molecule has 0 aliphatic carbocycles. The first-order chi connectivity index (χ1) is 54.0. The van der Waals surface area contributed by atoms with Gasteiger partial charge in [0, 0.05) is 54.6 Å². The van der Waals surface area contributed by atoms with E-state index in [0.29, 0.717) is 62.4 Å². The highest BCUT2D eigenvalue weighted by atomic mass is 15.1. The second kappa shape index (κ2) is 26.6. The smallest absolute Gasteiger partial charge is 0.164 e. The number of fused-ring (bicyclic) bond motifs is 9. The van der Waals surface area contributed by atoms with Crippen molar-refractivity contribution >= 4 is 65.4 Å². The fourth-order valence-corrected chi connectivity index (χ4v) is 16.3. The summed E-state index contributed by atoms with van der Waals surface area (Å²) in [6.07, 6.45) is 0. The Balaban J connectivity index is 1.01. The molecule has 20 aromatic rings. The van der Waals surface area contributed by atoms with Crippen molar-refractivity contribution in [1.82, 2.24) is 28.7 Å². The van der Waals surface area contributed by atoms with Crippen LogP contribution in [0.1, 0.15) is 11.1 Å². The SMILES string of the molecule is N#Cc1c(-c2ccccc2-c2nc(-c3ccccc3)nc(-c3ccccc3)n2)c(-n2c3ccc(-c4ccccc4)cc3c3cc(-c4ccccc4)ccc32)c(C#N)c(-n2c3ccc(-c4ccccc4)cc3c3cc(-c4ccccc4)ccc32)c1-n1c2ccc(-c3ccccc3)cc2c2cc(-c3ccccc3)ccc21. The summed E-state index contributed by atoms with van der Waals surface area (Å²) in [5.74, 6) is 1.34. The van der Waals surface area contributed by atoms with Gasteiger partial charge in [-0.3, -0.25) is 0 Å². The van der Waals surface area contributed by atoms with E-state index in [9.17, 15) is 10.5 Å². The lowest BCUT2D eigenvalue weighted by molar-refractivity contribution is 1.06. The molecule has 0 saturated heterocycles. The molecule has 4 aromatic heterocycles. The van der Waals surface area contributed by atoms with Gasteiger partial charge in [0.1, 0.15) is 17.7 Å². The Morgan fingerprint density at radius 3 is 0.679 bits per heavy atom. The number of hydrogen-bond donors (Lipinski definition) is 0. The molecular weight excluding hydrogens is 1330 g/mol. The van der Waals surface area contributed by atoms with Gasteiger partial charge in [-0.1, -0.05) is 303 Å². The molecule has 20 rings (SSSR count). The van der Waals surface area contributed by atoms with Crippen LogP contribution in [0.15, 0.2) is 376 Å². The van der Waals surface area contributed by atoms with Crippen molar-refractivity contribution in [2.75, 3.05) is 0 Å². The van der Waals surface area contributed by atoms with Crippen LogP contribution in [0.3, 0.4) is 0 Å². The highest BCUT2D eigenvalue weighted by Crippen LogP contribution is 2.52. The summed E-state index contributed by atoms with van der Waals surface area (Å²) in [6, 6.07) is 137. The number of nitrogens with zero attached hydrogens (tertiary/aromatic N) is 8. The Bertz CT molecular complexity index is 6710. The summed E-state index contributed by atoms with van der Waals surface area (Å²) in [5.41, 5.74) is 23.1. The minimum absolute atomic E-state index is 0.309. The van der Waals surface area contributed by atoms with E-state index in [1.165, 1.54) is 0 Å². The van der Waals surface area contributed by atoms with Crippen LogP contribution in [0.4, 0.5) is 0 Å². The summed E-state index contributed by atoms with van der Waals surface area (Å²) < 4.78 is 6.83. The van der Waals surface area contributed by atoms with Crippen LogP contribution in [-0.4, -0.2) is 28.7 Å². The van der Waals surface area contributed by atoms with Crippen LogP contribution in [0.25, 0.3) is 195 Å². The van der Waals surface area contributed by atoms with Gasteiger partial charge in [-0.25, -0.2) is 15.0 Å². The van der Waals surface area contributed by atoms with Gasteiger partial charge in [0.05, 0.1) is 55.7 Å². The molecular formula is C101H62N8. The molecule has 8 nitrogen and oxygen atoms in total. The zero-order valence-corrected chi connectivity index (χ0v) is 58.9. The minimum atomic E-state index is 0.309. The van der Waals surface area contributed by atoms with E-state index in [2.05, 4.69) is 287 Å². The third kappa shape index (κ3) is 10.9. The number of benzene rings is 16. The summed E-state index contributed by atoms with van der Waals surface area (Å²) in [6.45, 7) is 0. The van der Waals surface area contributed by atoms with Crippen LogP contribution in [0.2, 0.25) is 0 Å². The van der Waals surface area contributed by atoms with Gasteiger partial charge >= 0.3 is 0 Å². The molecule has 0 fully saturated rings. The maximum atomic E-state index is 13.6. The summed E-state index contributed by atoms with van der Waals surface area (Å²) in [7, 11) is 0. The van der Waals surface area contributed by atoms with Crippen LogP contribution in [-0.2, 0) is 0 Å². The van der Waals surface area contributed by atoms with Gasteiger partial charge in [-0.05, 0) is 145 Å². The predicted molar refractivity (Wildman–Crippen MR) is 447 cm³/mol. The monoisotopic (exact) mass is 1390 g/mol. The number of aromatic nitrogens is 6. The Morgan fingerprint density at radius 2 is 0.413 bits per heavy atom. The maximum absolute atomic E-state index is 13.6. The van der Waals surface area contributed by atoms with Crippen molar-refractivity contribution in [3.05, 3.63) is 387 Å². The van der Waals surface area contributed by atoms with E-state index in [1.807, 2.05) is 115 Å². The molecule has 4 heterocycles. The van der Waals surface area contributed by atoms with Crippen molar-refractivity contribution < 1.29 is 0 Å². The van der Waals surface area contributed by atoms with E-state index in [-0.39, 0.29) is 0 Å². The van der Waals surface area contributed by atoms with E-state index >= 15 is 0 Å². The zero-order chi connectivity index (χ0) is 72.5. The van der Waals surface area contributed by atoms with Gasteiger partial charge in [-0.2, -0.15) is 10.5 Å². The lowest BCUT2D eigenvalue weighted by Gasteiger charge is -2.27. The molecule has 0 bridgehead atoms. The van der Waals surface area contributed by atoms with Crippen LogP contribution < -0.4 is 0 Å². The first-order valence-electron chi connectivity index (χ1n) is 36.6. The van der Waals surface area contributed by atoms with E-state index in [1.54, 1.807) is 0 Å². The van der Waals surface area contributed by atoms with Gasteiger partial charge in [0.25, 0.3) is 0 Å². The molecule has 109 heavy (non-hydrogen) atoms. The second-order valence-corrected chi connectivity index (χ2v) is 27.6. The lowest BCUT2D eigenvalue weighted by atomic mass is 9.88. The van der Waals surface area contributed by atoms with Crippen LogP contribution >= 0.6 is 0 Å². The number of rotatable bonds is 13. The molecule has 0 aliphatic heterocycles. The van der Waals surface area contributed by atoms with Gasteiger partial charge in [-0.15, -0.1) is 0 Å². The predicted octanol–water partition coefficient (Wildman–Crippen LogP) is 25.6. The Hall–Kier alpha value is -15.1. The largest absolute Gasteiger partial charge is 0.307 e. The zero-order valence-electron chi connectivity index (χ0n) is 58.9. The Labute approximate surface area is 629 Å². The topological polar surface area (TPSA) is 101 Å². The first-order valence-corrected chi connectivity index (χ1v) is 36.6. The highest BCUT2D eigenvalue weighted by Gasteiger charge is 2.35. The fraction of sp³-hybridized carbons (Fsp3) is 0. The van der Waals surface area contributed by atoms with Crippen LogP contribution in [0, 0.1) is 22.7 Å². The first kappa shape index (κ1) is 63.6. The second-order valence-electron chi connectivity index (χ2n) is 27.6. The molecule has 0 unspecified atom stereocenters. The third-order valence-corrected chi connectivity index (χ3v) is 21.4. The number of nitriles is 2. The van der Waals surface area contributed by atoms with Crippen molar-refractivity contribution in [3.63, 3.8) is 0 Å². The molecule has 0 aliphatic rings. The molecule has 0 spiro atoms. The average Bonchev–Trinajstić information content (AvgIpc) is 1.57. The molecule has 506 valence electrons. The normalized spacial score (nSPS) is 11.5. The van der Waals surface area contributed by atoms with Crippen molar-refractivity contribution in [2.24, 2.45) is 0 Å². The minimum Gasteiger partial charge on any atom is -0.307 e. The van der Waals surface area contributed by atoms with Gasteiger partial charge in [0.2, 0.25) is 0 Å². The quantitative estimate of drug-likeness (QED) is 0.114. The molecule has 0 amide bonds.